The molecule has 30 heavy (non-hydrogen) atoms. The summed E-state index contributed by atoms with van der Waals surface area (Å²) in [6, 6.07) is 15.1. The number of carbonyl (C=O) groups is 2. The van der Waals surface area contributed by atoms with Crippen molar-refractivity contribution in [3.8, 4) is 5.75 Å². The fourth-order valence-corrected chi connectivity index (χ4v) is 4.05. The van der Waals surface area contributed by atoms with Crippen LogP contribution in [-0.2, 0) is 16.1 Å². The molecule has 2 aliphatic heterocycles. The smallest absolute Gasteiger partial charge is 0.260 e. The van der Waals surface area contributed by atoms with Crippen molar-refractivity contribution >= 4 is 11.8 Å². The predicted molar refractivity (Wildman–Crippen MR) is 110 cm³/mol. The number of hydrogen-bond acceptors (Lipinski definition) is 4. The lowest BCUT2D eigenvalue weighted by atomic mass is 10.1. The summed E-state index contributed by atoms with van der Waals surface area (Å²) in [5, 5.41) is 0. The van der Waals surface area contributed by atoms with E-state index in [-0.39, 0.29) is 30.3 Å². The first-order valence-electron chi connectivity index (χ1n) is 10.3. The molecule has 158 valence electrons. The third kappa shape index (κ3) is 4.79. The maximum absolute atomic E-state index is 13.2. The molecule has 2 fully saturated rings. The van der Waals surface area contributed by atoms with Crippen molar-refractivity contribution in [1.29, 1.82) is 0 Å². The van der Waals surface area contributed by atoms with Crippen molar-refractivity contribution in [2.75, 3.05) is 39.3 Å². The number of fused-ring (bicyclic) bond motifs is 1. The van der Waals surface area contributed by atoms with Gasteiger partial charge in [-0.1, -0.05) is 30.3 Å². The van der Waals surface area contributed by atoms with E-state index in [1.54, 1.807) is 17.0 Å². The fraction of sp³-hybridized carbons (Fsp3) is 0.391. The first-order valence-corrected chi connectivity index (χ1v) is 10.3. The number of para-hydroxylation sites is 1. The summed E-state index contributed by atoms with van der Waals surface area (Å²) < 4.78 is 18.8. The molecule has 2 aliphatic rings. The van der Waals surface area contributed by atoms with Crippen molar-refractivity contribution in [3.63, 3.8) is 0 Å². The quantitative estimate of drug-likeness (QED) is 0.757. The lowest BCUT2D eigenvalue weighted by Crippen LogP contribution is -2.59. The number of benzene rings is 2. The van der Waals surface area contributed by atoms with Gasteiger partial charge in [0.2, 0.25) is 5.91 Å². The van der Waals surface area contributed by atoms with Crippen LogP contribution in [0.2, 0.25) is 0 Å². The van der Waals surface area contributed by atoms with Crippen LogP contribution in [0.4, 0.5) is 4.39 Å². The van der Waals surface area contributed by atoms with E-state index >= 15 is 0 Å². The maximum atomic E-state index is 13.2. The minimum absolute atomic E-state index is 0.0225. The van der Waals surface area contributed by atoms with Crippen LogP contribution in [0, 0.1) is 5.82 Å². The molecule has 0 aliphatic carbocycles. The molecule has 0 spiro atoms. The summed E-state index contributed by atoms with van der Waals surface area (Å²) in [7, 11) is 0. The molecular formula is C23H26FN3O3. The fourth-order valence-electron chi connectivity index (χ4n) is 4.05. The van der Waals surface area contributed by atoms with Gasteiger partial charge in [-0.15, -0.1) is 0 Å². The van der Waals surface area contributed by atoms with Gasteiger partial charge in [0, 0.05) is 39.3 Å². The minimum Gasteiger partial charge on any atom is -0.484 e. The van der Waals surface area contributed by atoms with Crippen LogP contribution in [0.3, 0.4) is 0 Å². The van der Waals surface area contributed by atoms with Gasteiger partial charge >= 0.3 is 0 Å². The number of ether oxygens (including phenoxy) is 1. The zero-order chi connectivity index (χ0) is 20.9. The third-order valence-corrected chi connectivity index (χ3v) is 5.71. The van der Waals surface area contributed by atoms with E-state index in [9.17, 15) is 14.0 Å². The maximum Gasteiger partial charge on any atom is 0.260 e. The van der Waals surface area contributed by atoms with E-state index in [0.29, 0.717) is 31.9 Å². The lowest BCUT2D eigenvalue weighted by Gasteiger charge is -2.40. The molecule has 2 aromatic carbocycles. The van der Waals surface area contributed by atoms with Gasteiger partial charge < -0.3 is 14.5 Å². The first kappa shape index (κ1) is 20.3. The molecule has 4 rings (SSSR count). The first-order chi connectivity index (χ1) is 14.6. The van der Waals surface area contributed by atoms with Crippen molar-refractivity contribution in [2.24, 2.45) is 0 Å². The molecule has 6 nitrogen and oxygen atoms in total. The second-order valence-electron chi connectivity index (χ2n) is 7.73. The average Bonchev–Trinajstić information content (AvgIpc) is 2.99. The summed E-state index contributed by atoms with van der Waals surface area (Å²) in [5.41, 5.74) is 0.899. The Morgan fingerprint density at radius 3 is 2.53 bits per heavy atom. The highest BCUT2D eigenvalue weighted by Gasteiger charge is 2.38. The van der Waals surface area contributed by atoms with Gasteiger partial charge in [-0.2, -0.15) is 0 Å². The van der Waals surface area contributed by atoms with E-state index in [0.717, 1.165) is 25.1 Å². The molecular weight excluding hydrogens is 385 g/mol. The van der Waals surface area contributed by atoms with Crippen molar-refractivity contribution in [2.45, 2.75) is 19.0 Å². The third-order valence-electron chi connectivity index (χ3n) is 5.71. The number of nitrogens with zero attached hydrogens (tertiary/aromatic N) is 3. The van der Waals surface area contributed by atoms with Crippen LogP contribution in [0.5, 0.6) is 5.75 Å². The Kier molecular flexibility index (Phi) is 6.28. The standard InChI is InChI=1S/C23H26FN3O3/c24-19-9-7-18(8-10-19)15-27-14-13-25-11-4-12-26(16-21(25)23(27)29)22(28)17-30-20-5-2-1-3-6-20/h1-3,5-10,21H,4,11-17H2. The van der Waals surface area contributed by atoms with Gasteiger partial charge in [0.05, 0.1) is 0 Å². The lowest BCUT2D eigenvalue weighted by molar-refractivity contribution is -0.144. The molecule has 7 heteroatoms. The van der Waals surface area contributed by atoms with Crippen LogP contribution in [-0.4, -0.2) is 71.9 Å². The summed E-state index contributed by atoms with van der Waals surface area (Å²) in [4.78, 5) is 31.6. The Bertz CT molecular complexity index is 875. The number of halogens is 1. The van der Waals surface area contributed by atoms with Gasteiger partial charge in [-0.05, 0) is 36.2 Å². The van der Waals surface area contributed by atoms with E-state index in [2.05, 4.69) is 4.90 Å². The second-order valence-corrected chi connectivity index (χ2v) is 7.73. The van der Waals surface area contributed by atoms with Crippen molar-refractivity contribution in [3.05, 3.63) is 66.0 Å². The Morgan fingerprint density at radius 2 is 1.77 bits per heavy atom. The highest BCUT2D eigenvalue weighted by atomic mass is 19.1. The molecule has 2 aromatic rings. The highest BCUT2D eigenvalue weighted by molar-refractivity contribution is 5.84. The van der Waals surface area contributed by atoms with E-state index in [4.69, 9.17) is 4.74 Å². The molecule has 0 aromatic heterocycles. The zero-order valence-electron chi connectivity index (χ0n) is 16.9. The normalized spacial score (nSPS) is 19.9. The van der Waals surface area contributed by atoms with Gasteiger partial charge in [0.25, 0.3) is 5.91 Å². The summed E-state index contributed by atoms with van der Waals surface area (Å²) >= 11 is 0. The van der Waals surface area contributed by atoms with Gasteiger partial charge in [-0.25, -0.2) is 4.39 Å². The van der Waals surface area contributed by atoms with Gasteiger partial charge in [-0.3, -0.25) is 14.5 Å². The van der Waals surface area contributed by atoms with E-state index in [1.807, 2.05) is 35.2 Å². The summed E-state index contributed by atoms with van der Waals surface area (Å²) in [6.07, 6.45) is 0.832. The van der Waals surface area contributed by atoms with E-state index in [1.165, 1.54) is 12.1 Å². The second kappa shape index (κ2) is 9.26. The van der Waals surface area contributed by atoms with Crippen LogP contribution in [0.15, 0.2) is 54.6 Å². The average molecular weight is 411 g/mol. The molecule has 2 saturated heterocycles. The Labute approximate surface area is 175 Å². The van der Waals surface area contributed by atoms with Crippen molar-refractivity contribution < 1.29 is 18.7 Å². The number of carbonyl (C=O) groups excluding carboxylic acids is 2. The number of amides is 2. The van der Waals surface area contributed by atoms with Crippen LogP contribution < -0.4 is 4.74 Å². The molecule has 0 radical (unpaired) electrons. The molecule has 0 bridgehead atoms. The largest absolute Gasteiger partial charge is 0.484 e. The SMILES string of the molecule is O=C(COc1ccccc1)N1CCCN2CCN(Cc3ccc(F)cc3)C(=O)C2C1. The number of hydrogen-bond donors (Lipinski definition) is 0. The van der Waals surface area contributed by atoms with Gasteiger partial charge in [0.15, 0.2) is 6.61 Å². The highest BCUT2D eigenvalue weighted by Crippen LogP contribution is 2.19. The Hall–Kier alpha value is -2.93. The molecule has 0 N–H and O–H groups in total. The van der Waals surface area contributed by atoms with E-state index < -0.39 is 0 Å². The Balaban J connectivity index is 1.39. The molecule has 1 atom stereocenters. The van der Waals surface area contributed by atoms with Crippen LogP contribution in [0.1, 0.15) is 12.0 Å². The Morgan fingerprint density at radius 1 is 1.00 bits per heavy atom. The molecule has 2 heterocycles. The summed E-state index contributed by atoms with van der Waals surface area (Å²) in [5.74, 6) is 0.283. The molecule has 2 amide bonds. The minimum atomic E-state index is -0.345. The van der Waals surface area contributed by atoms with Crippen molar-refractivity contribution in [1.82, 2.24) is 14.7 Å². The number of rotatable bonds is 5. The predicted octanol–water partition coefficient (Wildman–Crippen LogP) is 2.15. The summed E-state index contributed by atoms with van der Waals surface area (Å²) in [6.45, 7) is 3.62. The monoisotopic (exact) mass is 411 g/mol. The topological polar surface area (TPSA) is 53.1 Å². The molecule has 0 saturated carbocycles. The van der Waals surface area contributed by atoms with Crippen LogP contribution >= 0.6 is 0 Å². The van der Waals surface area contributed by atoms with Gasteiger partial charge in [0.1, 0.15) is 17.6 Å². The molecule has 1 unspecified atom stereocenters. The van der Waals surface area contributed by atoms with Crippen LogP contribution in [0.25, 0.3) is 0 Å². The number of piperazine rings is 1. The zero-order valence-corrected chi connectivity index (χ0v) is 16.9.